The van der Waals surface area contributed by atoms with Crippen molar-refractivity contribution in [2.75, 3.05) is 6.26 Å². The number of aryl methyl sites for hydroxylation is 1. The van der Waals surface area contributed by atoms with Gasteiger partial charge in [0.2, 0.25) is 0 Å². The third-order valence-electron chi connectivity index (χ3n) is 3.82. The molecule has 0 bridgehead atoms. The molecule has 0 atom stereocenters. The van der Waals surface area contributed by atoms with Crippen LogP contribution >= 0.6 is 11.8 Å². The van der Waals surface area contributed by atoms with Crippen LogP contribution in [-0.4, -0.2) is 17.9 Å². The van der Waals surface area contributed by atoms with Gasteiger partial charge in [0.15, 0.2) is 0 Å². The van der Waals surface area contributed by atoms with Gasteiger partial charge < -0.3 is 9.25 Å². The maximum atomic E-state index is 12.6. The number of hydrogen-bond donors (Lipinski definition) is 0. The van der Waals surface area contributed by atoms with Crippen LogP contribution < -0.4 is 5.63 Å². The average molecular weight is 367 g/mol. The fraction of sp³-hybridized carbons (Fsp3) is 0.150. The molecule has 0 radical (unpaired) electrons. The standard InChI is InChI=1S/C20H17NO4S/c1-12-9-17-15(11-18(12)26-3)10-16(20(23)24-17)19(21-25-13(2)22)14-7-5-4-6-8-14/h4-11H,1-3H3/b21-19-. The highest BCUT2D eigenvalue weighted by atomic mass is 32.2. The second-order valence-electron chi connectivity index (χ2n) is 5.70. The largest absolute Gasteiger partial charge is 0.422 e. The SMILES string of the molecule is CSc1cc2cc(/C(=N\OC(C)=O)c3ccccc3)c(=O)oc2cc1C. The fourth-order valence-electron chi connectivity index (χ4n) is 2.60. The van der Waals surface area contributed by atoms with E-state index in [-0.39, 0.29) is 11.3 Å². The summed E-state index contributed by atoms with van der Waals surface area (Å²) in [6, 6.07) is 14.6. The lowest BCUT2D eigenvalue weighted by Gasteiger charge is -2.08. The minimum absolute atomic E-state index is 0.237. The zero-order chi connectivity index (χ0) is 18.7. The van der Waals surface area contributed by atoms with Crippen molar-refractivity contribution in [1.82, 2.24) is 0 Å². The van der Waals surface area contributed by atoms with Crippen molar-refractivity contribution < 1.29 is 14.0 Å². The van der Waals surface area contributed by atoms with Gasteiger partial charge in [0.05, 0.1) is 5.56 Å². The van der Waals surface area contributed by atoms with Gasteiger partial charge in [-0.3, -0.25) is 0 Å². The summed E-state index contributed by atoms with van der Waals surface area (Å²) in [5, 5.41) is 4.67. The summed E-state index contributed by atoms with van der Waals surface area (Å²) in [4.78, 5) is 29.7. The lowest BCUT2D eigenvalue weighted by atomic mass is 10.0. The molecule has 0 fully saturated rings. The van der Waals surface area contributed by atoms with Crippen molar-refractivity contribution in [3.8, 4) is 0 Å². The Balaban J connectivity index is 2.23. The van der Waals surface area contributed by atoms with Crippen molar-refractivity contribution >= 4 is 34.4 Å². The van der Waals surface area contributed by atoms with E-state index in [0.29, 0.717) is 11.1 Å². The van der Waals surface area contributed by atoms with Crippen LogP contribution in [0.25, 0.3) is 11.0 Å². The zero-order valence-electron chi connectivity index (χ0n) is 14.6. The number of carbonyl (C=O) groups is 1. The molecular formula is C20H17NO4S. The van der Waals surface area contributed by atoms with Gasteiger partial charge in [-0.05, 0) is 36.9 Å². The van der Waals surface area contributed by atoms with Crippen LogP contribution in [0.4, 0.5) is 0 Å². The van der Waals surface area contributed by atoms with Crippen LogP contribution in [0.3, 0.4) is 0 Å². The molecule has 3 aromatic rings. The third-order valence-corrected chi connectivity index (χ3v) is 4.70. The minimum atomic E-state index is -0.566. The van der Waals surface area contributed by atoms with Gasteiger partial charge in [0, 0.05) is 22.8 Å². The Morgan fingerprint density at radius 2 is 1.88 bits per heavy atom. The minimum Gasteiger partial charge on any atom is -0.422 e. The monoisotopic (exact) mass is 367 g/mol. The Bertz CT molecular complexity index is 1050. The van der Waals surface area contributed by atoms with Crippen LogP contribution in [0.15, 0.2) is 67.8 Å². The molecular weight excluding hydrogens is 350 g/mol. The van der Waals surface area contributed by atoms with Crippen LogP contribution in [-0.2, 0) is 9.63 Å². The fourth-order valence-corrected chi connectivity index (χ4v) is 3.22. The molecule has 0 spiro atoms. The summed E-state index contributed by atoms with van der Waals surface area (Å²) in [7, 11) is 0. The zero-order valence-corrected chi connectivity index (χ0v) is 15.4. The van der Waals surface area contributed by atoms with Crippen LogP contribution in [0.2, 0.25) is 0 Å². The smallest absolute Gasteiger partial charge is 0.345 e. The second kappa shape index (κ2) is 7.58. The van der Waals surface area contributed by atoms with Gasteiger partial charge in [-0.25, -0.2) is 9.59 Å². The number of oxime groups is 1. The van der Waals surface area contributed by atoms with E-state index >= 15 is 0 Å². The van der Waals surface area contributed by atoms with Gasteiger partial charge in [0.25, 0.3) is 0 Å². The first-order chi connectivity index (χ1) is 12.5. The van der Waals surface area contributed by atoms with Gasteiger partial charge in [0.1, 0.15) is 11.3 Å². The highest BCUT2D eigenvalue weighted by Gasteiger charge is 2.16. The predicted octanol–water partition coefficient (Wildman–Crippen LogP) is 4.14. The number of rotatable bonds is 4. The Morgan fingerprint density at radius 1 is 1.15 bits per heavy atom. The number of fused-ring (bicyclic) bond motifs is 1. The first kappa shape index (κ1) is 17.9. The number of thioether (sulfide) groups is 1. The van der Waals surface area contributed by atoms with E-state index < -0.39 is 11.6 Å². The van der Waals surface area contributed by atoms with Crippen molar-refractivity contribution in [2.24, 2.45) is 5.16 Å². The van der Waals surface area contributed by atoms with Gasteiger partial charge in [-0.1, -0.05) is 35.5 Å². The van der Waals surface area contributed by atoms with Crippen molar-refractivity contribution in [1.29, 1.82) is 0 Å². The third kappa shape index (κ3) is 3.70. The van der Waals surface area contributed by atoms with Crippen molar-refractivity contribution in [3.63, 3.8) is 0 Å². The Hall–Kier alpha value is -2.86. The number of carbonyl (C=O) groups excluding carboxylic acids is 1. The van der Waals surface area contributed by atoms with Crippen molar-refractivity contribution in [2.45, 2.75) is 18.7 Å². The van der Waals surface area contributed by atoms with E-state index in [0.717, 1.165) is 15.8 Å². The molecule has 0 unspecified atom stereocenters. The number of benzene rings is 2. The molecule has 1 aromatic heterocycles. The van der Waals surface area contributed by atoms with E-state index in [9.17, 15) is 9.59 Å². The molecule has 26 heavy (non-hydrogen) atoms. The van der Waals surface area contributed by atoms with Crippen LogP contribution in [0.1, 0.15) is 23.6 Å². The predicted molar refractivity (Wildman–Crippen MR) is 103 cm³/mol. The van der Waals surface area contributed by atoms with Crippen molar-refractivity contribution in [3.05, 3.63) is 75.6 Å². The molecule has 0 aliphatic rings. The molecule has 1 heterocycles. The topological polar surface area (TPSA) is 68.9 Å². The van der Waals surface area contributed by atoms with E-state index in [4.69, 9.17) is 9.25 Å². The molecule has 0 aliphatic carbocycles. The summed E-state index contributed by atoms with van der Waals surface area (Å²) < 4.78 is 5.50. The summed E-state index contributed by atoms with van der Waals surface area (Å²) in [6.07, 6.45) is 1.99. The Kier molecular flexibility index (Phi) is 5.23. The molecule has 132 valence electrons. The molecule has 3 rings (SSSR count). The maximum Gasteiger partial charge on any atom is 0.345 e. The number of nitrogens with zero attached hydrogens (tertiary/aromatic N) is 1. The molecule has 5 nitrogen and oxygen atoms in total. The normalized spacial score (nSPS) is 11.6. The van der Waals surface area contributed by atoms with E-state index in [1.807, 2.05) is 43.5 Å². The Morgan fingerprint density at radius 3 is 2.54 bits per heavy atom. The summed E-state index contributed by atoms with van der Waals surface area (Å²) >= 11 is 1.62. The summed E-state index contributed by atoms with van der Waals surface area (Å²) in [5.74, 6) is -0.566. The molecule has 0 saturated heterocycles. The molecule has 0 saturated carbocycles. The first-order valence-electron chi connectivity index (χ1n) is 7.93. The average Bonchev–Trinajstić information content (AvgIpc) is 2.62. The molecule has 0 N–H and O–H groups in total. The van der Waals surface area contributed by atoms with Gasteiger partial charge >= 0.3 is 11.6 Å². The lowest BCUT2D eigenvalue weighted by molar-refractivity contribution is -0.140. The summed E-state index contributed by atoms with van der Waals surface area (Å²) in [6.45, 7) is 3.22. The summed E-state index contributed by atoms with van der Waals surface area (Å²) in [5.41, 5.74) is 2.15. The molecule has 0 amide bonds. The highest BCUT2D eigenvalue weighted by Crippen LogP contribution is 2.26. The first-order valence-corrected chi connectivity index (χ1v) is 9.16. The highest BCUT2D eigenvalue weighted by molar-refractivity contribution is 7.98. The van der Waals surface area contributed by atoms with Crippen LogP contribution in [0.5, 0.6) is 0 Å². The van der Waals surface area contributed by atoms with Crippen LogP contribution in [0, 0.1) is 6.92 Å². The molecule has 0 aliphatic heterocycles. The second-order valence-corrected chi connectivity index (χ2v) is 6.54. The van der Waals surface area contributed by atoms with E-state index in [1.165, 1.54) is 6.92 Å². The molecule has 6 heteroatoms. The van der Waals surface area contributed by atoms with E-state index in [1.54, 1.807) is 30.0 Å². The maximum absolute atomic E-state index is 12.6. The quantitative estimate of drug-likeness (QED) is 0.228. The van der Waals surface area contributed by atoms with Gasteiger partial charge in [-0.15, -0.1) is 11.8 Å². The number of hydrogen-bond acceptors (Lipinski definition) is 6. The van der Waals surface area contributed by atoms with E-state index in [2.05, 4.69) is 5.16 Å². The molecule has 2 aromatic carbocycles. The Labute approximate surface area is 154 Å². The van der Waals surface area contributed by atoms with Gasteiger partial charge in [-0.2, -0.15) is 0 Å². The lowest BCUT2D eigenvalue weighted by Crippen LogP contribution is -2.16.